The van der Waals surface area contributed by atoms with E-state index in [0.717, 1.165) is 0 Å². The highest BCUT2D eigenvalue weighted by Gasteiger charge is 2.04. The summed E-state index contributed by atoms with van der Waals surface area (Å²) in [5.41, 5.74) is -0.128. The molecule has 12 heavy (non-hydrogen) atoms. The fourth-order valence-corrected chi connectivity index (χ4v) is 0.990. The molecule has 0 fully saturated rings. The number of hydrogen-bond acceptors (Lipinski definition) is 2. The van der Waals surface area contributed by atoms with Gasteiger partial charge in [0.1, 0.15) is 0 Å². The number of aliphatic hydroxyl groups is 1. The average Bonchev–Trinajstić information content (AvgIpc) is 2.10. The van der Waals surface area contributed by atoms with Crippen molar-refractivity contribution in [1.82, 2.24) is 4.57 Å². The van der Waals surface area contributed by atoms with Crippen LogP contribution in [0.3, 0.4) is 0 Å². The van der Waals surface area contributed by atoms with Crippen LogP contribution < -0.4 is 5.56 Å². The molecule has 1 N–H and O–H groups in total. The second kappa shape index (κ2) is 3.88. The van der Waals surface area contributed by atoms with Crippen LogP contribution in [0.5, 0.6) is 0 Å². The van der Waals surface area contributed by atoms with E-state index < -0.39 is 0 Å². The summed E-state index contributed by atoms with van der Waals surface area (Å²) >= 11 is 0. The molecule has 0 spiro atoms. The smallest absolute Gasteiger partial charge is 0.251 e. The Morgan fingerprint density at radius 1 is 1.67 bits per heavy atom. The molecule has 0 aliphatic rings. The summed E-state index contributed by atoms with van der Waals surface area (Å²) in [6.07, 6.45) is 3.17. The van der Waals surface area contributed by atoms with E-state index in [1.165, 1.54) is 10.6 Å². The Hall–Kier alpha value is -1.35. The third-order valence-corrected chi connectivity index (χ3v) is 1.67. The van der Waals surface area contributed by atoms with Crippen molar-refractivity contribution in [3.8, 4) is 0 Å². The minimum absolute atomic E-state index is 0.104. The summed E-state index contributed by atoms with van der Waals surface area (Å²) in [6, 6.07) is 4.54. The van der Waals surface area contributed by atoms with Crippen LogP contribution in [0.15, 0.2) is 41.8 Å². The van der Waals surface area contributed by atoms with Crippen molar-refractivity contribution < 1.29 is 5.11 Å². The van der Waals surface area contributed by atoms with Gasteiger partial charge in [0.05, 0.1) is 12.6 Å². The van der Waals surface area contributed by atoms with Gasteiger partial charge in [-0.2, -0.15) is 0 Å². The summed E-state index contributed by atoms with van der Waals surface area (Å²) in [6.45, 7) is 3.43. The Morgan fingerprint density at radius 2 is 2.42 bits per heavy atom. The molecule has 0 aliphatic heterocycles. The standard InChI is InChI=1S/C9H11NO2/c1-2-8(7-11)10-6-4-3-5-9(10)12/h2-6,8,11H,1,7H2. The number of hydrogen-bond donors (Lipinski definition) is 1. The predicted molar refractivity (Wildman–Crippen MR) is 47.0 cm³/mol. The lowest BCUT2D eigenvalue weighted by molar-refractivity contribution is 0.251. The van der Waals surface area contributed by atoms with E-state index in [1.54, 1.807) is 24.4 Å². The highest BCUT2D eigenvalue weighted by molar-refractivity contribution is 4.98. The molecular formula is C9H11NO2. The maximum Gasteiger partial charge on any atom is 0.251 e. The van der Waals surface area contributed by atoms with E-state index >= 15 is 0 Å². The summed E-state index contributed by atoms with van der Waals surface area (Å²) in [5, 5.41) is 8.87. The van der Waals surface area contributed by atoms with Crippen molar-refractivity contribution in [2.24, 2.45) is 0 Å². The summed E-state index contributed by atoms with van der Waals surface area (Å²) in [5.74, 6) is 0. The molecule has 3 heteroatoms. The summed E-state index contributed by atoms with van der Waals surface area (Å²) in [4.78, 5) is 11.2. The van der Waals surface area contributed by atoms with Crippen molar-refractivity contribution in [1.29, 1.82) is 0 Å². The summed E-state index contributed by atoms with van der Waals surface area (Å²) in [7, 11) is 0. The summed E-state index contributed by atoms with van der Waals surface area (Å²) < 4.78 is 1.44. The zero-order valence-electron chi connectivity index (χ0n) is 6.68. The van der Waals surface area contributed by atoms with Crippen LogP contribution in [0.25, 0.3) is 0 Å². The van der Waals surface area contributed by atoms with Gasteiger partial charge in [0.2, 0.25) is 0 Å². The molecule has 0 aromatic carbocycles. The van der Waals surface area contributed by atoms with Gasteiger partial charge < -0.3 is 9.67 Å². The largest absolute Gasteiger partial charge is 0.394 e. The molecule has 1 aromatic rings. The monoisotopic (exact) mass is 165 g/mol. The Labute approximate surface area is 70.6 Å². The SMILES string of the molecule is C=CC(CO)n1ccccc1=O. The fraction of sp³-hybridized carbons (Fsp3) is 0.222. The van der Waals surface area contributed by atoms with E-state index in [9.17, 15) is 4.79 Å². The highest BCUT2D eigenvalue weighted by Crippen LogP contribution is 2.01. The zero-order chi connectivity index (χ0) is 8.97. The first-order valence-corrected chi connectivity index (χ1v) is 3.70. The van der Waals surface area contributed by atoms with E-state index in [0.29, 0.717) is 0 Å². The van der Waals surface area contributed by atoms with Gasteiger partial charge in [-0.25, -0.2) is 0 Å². The van der Waals surface area contributed by atoms with Crippen LogP contribution in [0.2, 0.25) is 0 Å². The Kier molecular flexibility index (Phi) is 2.82. The van der Waals surface area contributed by atoms with E-state index in [4.69, 9.17) is 5.11 Å². The predicted octanol–water partition coefficient (Wildman–Crippen LogP) is 0.568. The van der Waals surface area contributed by atoms with Crippen LogP contribution in [0.1, 0.15) is 6.04 Å². The van der Waals surface area contributed by atoms with Crippen LogP contribution >= 0.6 is 0 Å². The molecule has 0 saturated carbocycles. The van der Waals surface area contributed by atoms with E-state index in [1.807, 2.05) is 0 Å². The van der Waals surface area contributed by atoms with Gasteiger partial charge in [0.15, 0.2) is 0 Å². The molecule has 1 aromatic heterocycles. The van der Waals surface area contributed by atoms with Crippen LogP contribution in [-0.2, 0) is 0 Å². The number of pyridine rings is 1. The van der Waals surface area contributed by atoms with Crippen molar-refractivity contribution in [2.45, 2.75) is 6.04 Å². The fourth-order valence-electron chi connectivity index (χ4n) is 0.990. The quantitative estimate of drug-likeness (QED) is 0.665. The van der Waals surface area contributed by atoms with Crippen LogP contribution in [-0.4, -0.2) is 16.3 Å². The van der Waals surface area contributed by atoms with Crippen molar-refractivity contribution in [3.63, 3.8) is 0 Å². The lowest BCUT2D eigenvalue weighted by atomic mass is 10.3. The van der Waals surface area contributed by atoms with Crippen molar-refractivity contribution in [2.75, 3.05) is 6.61 Å². The molecule has 1 heterocycles. The first-order chi connectivity index (χ1) is 5.79. The van der Waals surface area contributed by atoms with Gasteiger partial charge >= 0.3 is 0 Å². The van der Waals surface area contributed by atoms with Gasteiger partial charge in [0, 0.05) is 12.3 Å². The van der Waals surface area contributed by atoms with Crippen LogP contribution in [0, 0.1) is 0 Å². The molecule has 1 unspecified atom stereocenters. The molecule has 0 bridgehead atoms. The Bertz CT molecular complexity index is 316. The molecule has 64 valence electrons. The molecule has 3 nitrogen and oxygen atoms in total. The van der Waals surface area contributed by atoms with E-state index in [2.05, 4.69) is 6.58 Å². The van der Waals surface area contributed by atoms with Gasteiger partial charge in [-0.1, -0.05) is 12.1 Å². The van der Waals surface area contributed by atoms with E-state index in [-0.39, 0.29) is 18.2 Å². The van der Waals surface area contributed by atoms with Gasteiger partial charge in [-0.15, -0.1) is 6.58 Å². The Morgan fingerprint density at radius 3 is 2.92 bits per heavy atom. The molecule has 0 saturated heterocycles. The third-order valence-electron chi connectivity index (χ3n) is 1.67. The number of aromatic nitrogens is 1. The first-order valence-electron chi connectivity index (χ1n) is 3.70. The van der Waals surface area contributed by atoms with Gasteiger partial charge in [-0.3, -0.25) is 4.79 Å². The second-order valence-corrected chi connectivity index (χ2v) is 2.43. The first kappa shape index (κ1) is 8.74. The maximum atomic E-state index is 11.2. The average molecular weight is 165 g/mol. The molecular weight excluding hydrogens is 154 g/mol. The van der Waals surface area contributed by atoms with Gasteiger partial charge in [-0.05, 0) is 6.07 Å². The topological polar surface area (TPSA) is 42.2 Å². The lowest BCUT2D eigenvalue weighted by Gasteiger charge is -2.11. The Balaban J connectivity index is 3.08. The number of nitrogens with zero attached hydrogens (tertiary/aromatic N) is 1. The van der Waals surface area contributed by atoms with Crippen molar-refractivity contribution in [3.05, 3.63) is 47.4 Å². The molecule has 0 radical (unpaired) electrons. The minimum atomic E-state index is -0.321. The number of aliphatic hydroxyl groups excluding tert-OH is 1. The minimum Gasteiger partial charge on any atom is -0.394 e. The third kappa shape index (κ3) is 1.62. The highest BCUT2D eigenvalue weighted by atomic mass is 16.3. The maximum absolute atomic E-state index is 11.2. The molecule has 1 atom stereocenters. The lowest BCUT2D eigenvalue weighted by Crippen LogP contribution is -2.23. The van der Waals surface area contributed by atoms with Crippen LogP contribution in [0.4, 0.5) is 0 Å². The second-order valence-electron chi connectivity index (χ2n) is 2.43. The zero-order valence-corrected chi connectivity index (χ0v) is 6.68. The van der Waals surface area contributed by atoms with Crippen molar-refractivity contribution >= 4 is 0 Å². The number of rotatable bonds is 3. The molecule has 0 amide bonds. The molecule has 0 aliphatic carbocycles. The normalized spacial score (nSPS) is 12.4. The van der Waals surface area contributed by atoms with Gasteiger partial charge in [0.25, 0.3) is 5.56 Å². The molecule has 1 rings (SSSR count).